The Balaban J connectivity index is 2.00. The highest BCUT2D eigenvalue weighted by Gasteiger charge is 2.54. The van der Waals surface area contributed by atoms with Gasteiger partial charge in [-0.1, -0.05) is 67.5 Å². The molecule has 0 saturated carbocycles. The summed E-state index contributed by atoms with van der Waals surface area (Å²) >= 11 is 6.12. The van der Waals surface area contributed by atoms with E-state index in [0.717, 1.165) is 0 Å². The number of anilines is 1. The number of aldehydes is 1. The topological polar surface area (TPSA) is 126 Å². The molecular weight excluding hydrogens is 575 g/mol. The van der Waals surface area contributed by atoms with Crippen molar-refractivity contribution in [2.24, 2.45) is 5.41 Å². The van der Waals surface area contributed by atoms with E-state index in [1.54, 1.807) is 53.8 Å². The Morgan fingerprint density at radius 1 is 1.17 bits per heavy atom. The molecule has 42 heavy (non-hydrogen) atoms. The number of hydrogen-bond donors (Lipinski definition) is 3. The minimum Gasteiger partial charge on any atom is -0.398 e. The zero-order valence-corrected chi connectivity index (χ0v) is 24.0. The van der Waals surface area contributed by atoms with Crippen LogP contribution in [-0.2, 0) is 31.0 Å². The Morgan fingerprint density at radius 3 is 2.38 bits per heavy atom. The van der Waals surface area contributed by atoms with Crippen molar-refractivity contribution in [2.75, 3.05) is 12.3 Å². The first-order valence-electron chi connectivity index (χ1n) is 13.0. The molecule has 0 bridgehead atoms. The van der Waals surface area contributed by atoms with Crippen LogP contribution in [0.3, 0.4) is 0 Å². The molecule has 224 valence electrons. The van der Waals surface area contributed by atoms with E-state index >= 15 is 0 Å². The van der Waals surface area contributed by atoms with E-state index in [4.69, 9.17) is 23.9 Å². The lowest BCUT2D eigenvalue weighted by atomic mass is 9.80. The minimum absolute atomic E-state index is 0.0110. The van der Waals surface area contributed by atoms with Gasteiger partial charge in [0.2, 0.25) is 5.91 Å². The standard InChI is InChI=1S/C29H31ClF3N5O4/c1-27(2,3)23(37-26(42)29(31,32)33)24(40)36-21(13-17-8-7-9-18(30)12-17)25(41)38-15-28(16-39,14-22(38)35-4)19-10-5-6-11-20(19)34/h4-12,16,21-23H,13-15,34H2,1-3H3,(H-,36,37,40,42)/p+1/t21-,22-,23+,28+/m0/s1. The number of hydrogen-bond acceptors (Lipinski definition) is 5. The number of benzene rings is 2. The van der Waals surface area contributed by atoms with Gasteiger partial charge < -0.3 is 21.2 Å². The van der Waals surface area contributed by atoms with Crippen LogP contribution >= 0.6 is 11.6 Å². The van der Waals surface area contributed by atoms with Gasteiger partial charge in [0.05, 0.1) is 11.8 Å². The quantitative estimate of drug-likeness (QED) is 0.312. The third kappa shape index (κ3) is 7.20. The normalized spacial score (nSPS) is 20.2. The average molecular weight is 607 g/mol. The molecule has 3 amide bonds. The Labute approximate surface area is 246 Å². The van der Waals surface area contributed by atoms with E-state index in [-0.39, 0.29) is 19.4 Å². The summed E-state index contributed by atoms with van der Waals surface area (Å²) in [4.78, 5) is 56.8. The Bertz CT molecular complexity index is 1400. The summed E-state index contributed by atoms with van der Waals surface area (Å²) in [6.45, 7) is 9.88. The first-order valence-corrected chi connectivity index (χ1v) is 13.3. The number of amides is 3. The number of nitrogens with two attached hydrogens (primary N) is 1. The van der Waals surface area contributed by atoms with E-state index in [9.17, 15) is 32.3 Å². The molecular formula is C29H32ClF3N5O4+. The summed E-state index contributed by atoms with van der Waals surface area (Å²) in [6.07, 6.45) is -5.65. The molecule has 1 heterocycles. The number of nitrogens with one attached hydrogen (secondary N) is 2. The molecule has 4 N–H and O–H groups in total. The maximum atomic E-state index is 14.1. The van der Waals surface area contributed by atoms with Crippen LogP contribution in [0, 0.1) is 12.0 Å². The largest absolute Gasteiger partial charge is 0.471 e. The van der Waals surface area contributed by atoms with Gasteiger partial charge in [0.15, 0.2) is 0 Å². The smallest absolute Gasteiger partial charge is 0.398 e. The van der Waals surface area contributed by atoms with Gasteiger partial charge in [0.1, 0.15) is 18.4 Å². The molecule has 0 aliphatic carbocycles. The predicted molar refractivity (Wildman–Crippen MR) is 152 cm³/mol. The van der Waals surface area contributed by atoms with Crippen molar-refractivity contribution >= 4 is 41.3 Å². The number of nitrogen functional groups attached to an aromatic ring is 1. The van der Waals surface area contributed by atoms with E-state index < -0.39 is 53.0 Å². The third-order valence-electron chi connectivity index (χ3n) is 7.14. The fourth-order valence-electron chi connectivity index (χ4n) is 5.01. The van der Waals surface area contributed by atoms with Gasteiger partial charge >= 0.3 is 18.2 Å². The maximum absolute atomic E-state index is 14.1. The van der Waals surface area contributed by atoms with Crippen molar-refractivity contribution in [1.82, 2.24) is 15.5 Å². The number of likely N-dealkylation sites (tertiary alicyclic amines) is 1. The highest BCUT2D eigenvalue weighted by atomic mass is 35.5. The molecule has 2 aromatic rings. The van der Waals surface area contributed by atoms with Gasteiger partial charge in [-0.3, -0.25) is 19.3 Å². The minimum atomic E-state index is -5.23. The molecule has 2 aromatic carbocycles. The van der Waals surface area contributed by atoms with Crippen molar-refractivity contribution in [3.63, 3.8) is 0 Å². The molecule has 0 aromatic heterocycles. The maximum Gasteiger partial charge on any atom is 0.471 e. The summed E-state index contributed by atoms with van der Waals surface area (Å²) in [6, 6.07) is 10.1. The van der Waals surface area contributed by atoms with Crippen molar-refractivity contribution < 1.29 is 32.3 Å². The van der Waals surface area contributed by atoms with E-state index in [1.807, 2.05) is 0 Å². The van der Waals surface area contributed by atoms with E-state index in [1.165, 1.54) is 25.7 Å². The molecule has 0 unspecified atom stereocenters. The van der Waals surface area contributed by atoms with Crippen LogP contribution in [0.4, 0.5) is 18.9 Å². The van der Waals surface area contributed by atoms with Gasteiger partial charge in [0, 0.05) is 23.7 Å². The van der Waals surface area contributed by atoms with Crippen LogP contribution in [0.25, 0.3) is 4.85 Å². The lowest BCUT2D eigenvalue weighted by Crippen LogP contribution is -2.60. The van der Waals surface area contributed by atoms with Crippen molar-refractivity contribution in [3.05, 3.63) is 69.5 Å². The van der Waals surface area contributed by atoms with Gasteiger partial charge in [-0.2, -0.15) is 13.2 Å². The average Bonchev–Trinajstić information content (AvgIpc) is 3.30. The van der Waals surface area contributed by atoms with E-state index in [2.05, 4.69) is 10.2 Å². The second-order valence-electron chi connectivity index (χ2n) is 11.3. The van der Waals surface area contributed by atoms with Gasteiger partial charge in [-0.25, -0.2) is 0 Å². The highest BCUT2D eigenvalue weighted by Crippen LogP contribution is 2.40. The Kier molecular flexibility index (Phi) is 9.57. The lowest BCUT2D eigenvalue weighted by molar-refractivity contribution is -0.175. The van der Waals surface area contributed by atoms with Crippen molar-refractivity contribution in [1.29, 1.82) is 0 Å². The van der Waals surface area contributed by atoms with E-state index in [0.29, 0.717) is 28.1 Å². The molecule has 4 atom stereocenters. The molecule has 0 radical (unpaired) electrons. The summed E-state index contributed by atoms with van der Waals surface area (Å²) in [5.41, 5.74) is 5.05. The molecule has 1 aliphatic rings. The number of rotatable bonds is 8. The number of para-hydroxylation sites is 1. The third-order valence-corrected chi connectivity index (χ3v) is 7.38. The number of carbonyl (C=O) groups is 4. The molecule has 9 nitrogen and oxygen atoms in total. The summed E-state index contributed by atoms with van der Waals surface area (Å²) < 4.78 is 39.2. The Morgan fingerprint density at radius 2 is 1.83 bits per heavy atom. The molecule has 3 rings (SSSR count). The van der Waals surface area contributed by atoms with Crippen LogP contribution in [0.5, 0.6) is 0 Å². The lowest BCUT2D eigenvalue weighted by Gasteiger charge is -2.33. The van der Waals surface area contributed by atoms with Crippen LogP contribution in [0.1, 0.15) is 38.3 Å². The number of halogens is 4. The van der Waals surface area contributed by atoms with Crippen molar-refractivity contribution in [2.45, 2.75) is 63.5 Å². The number of alkyl halides is 3. The van der Waals surface area contributed by atoms with Crippen LogP contribution in [-0.4, -0.2) is 59.9 Å². The monoisotopic (exact) mass is 606 g/mol. The van der Waals surface area contributed by atoms with Gasteiger partial charge in [0.25, 0.3) is 12.5 Å². The number of carbonyl (C=O) groups excluding carboxylic acids is 4. The second-order valence-corrected chi connectivity index (χ2v) is 11.8. The molecule has 1 saturated heterocycles. The first kappa shape index (κ1) is 32.4. The molecule has 1 aliphatic heterocycles. The SMILES string of the molecule is C#[N+][C@@H]1C[C@@](C=O)(c2ccccc2N)CN1C(=O)[C@H](Cc1cccc(Cl)c1)NC(=O)[C@@H](NC(=O)C(F)(F)F)C(C)(C)C. The summed E-state index contributed by atoms with van der Waals surface area (Å²) in [5, 5.41) is 4.60. The predicted octanol–water partition coefficient (Wildman–Crippen LogP) is 3.70. The number of nitrogens with zero attached hydrogens (tertiary/aromatic N) is 2. The molecule has 0 spiro atoms. The summed E-state index contributed by atoms with van der Waals surface area (Å²) in [7, 11) is 0. The molecule has 13 heteroatoms. The fraction of sp³-hybridized carbons (Fsp3) is 0.414. The zero-order chi connectivity index (χ0) is 31.5. The van der Waals surface area contributed by atoms with Crippen LogP contribution in [0.15, 0.2) is 48.5 Å². The molecule has 1 fully saturated rings. The van der Waals surface area contributed by atoms with Gasteiger partial charge in [-0.05, 0) is 34.7 Å². The van der Waals surface area contributed by atoms with Crippen LogP contribution in [0.2, 0.25) is 5.02 Å². The van der Waals surface area contributed by atoms with Crippen molar-refractivity contribution in [3.8, 4) is 6.57 Å². The second kappa shape index (κ2) is 12.4. The van der Waals surface area contributed by atoms with Crippen LogP contribution < -0.4 is 16.4 Å². The highest BCUT2D eigenvalue weighted by molar-refractivity contribution is 6.30. The Hall–Kier alpha value is -4.11. The summed E-state index contributed by atoms with van der Waals surface area (Å²) in [5.74, 6) is -4.02. The van der Waals surface area contributed by atoms with Gasteiger partial charge in [-0.15, -0.1) is 0 Å². The first-order chi connectivity index (χ1) is 19.5. The zero-order valence-electron chi connectivity index (χ0n) is 23.2. The fourth-order valence-corrected chi connectivity index (χ4v) is 5.22.